The molecular formula is C58H37NO. The zero-order valence-electron chi connectivity index (χ0n) is 32.7. The Labute approximate surface area is 347 Å². The van der Waals surface area contributed by atoms with Crippen molar-refractivity contribution in [2.24, 2.45) is 0 Å². The minimum Gasteiger partial charge on any atom is -0.455 e. The van der Waals surface area contributed by atoms with Gasteiger partial charge in [0, 0.05) is 33.4 Å². The molecule has 1 aromatic heterocycles. The summed E-state index contributed by atoms with van der Waals surface area (Å²) in [7, 11) is 0. The summed E-state index contributed by atoms with van der Waals surface area (Å²) in [4.78, 5) is 2.38. The number of para-hydroxylation sites is 1. The molecule has 0 saturated heterocycles. The highest BCUT2D eigenvalue weighted by atomic mass is 16.3. The van der Waals surface area contributed by atoms with Crippen LogP contribution in [-0.2, 0) is 0 Å². The highest BCUT2D eigenvalue weighted by molar-refractivity contribution is 6.26. The molecule has 12 aromatic rings. The van der Waals surface area contributed by atoms with Crippen LogP contribution in [0.25, 0.3) is 98.4 Å². The van der Waals surface area contributed by atoms with E-state index in [-0.39, 0.29) is 0 Å². The van der Waals surface area contributed by atoms with Gasteiger partial charge in [-0.25, -0.2) is 0 Å². The molecule has 2 heteroatoms. The van der Waals surface area contributed by atoms with E-state index in [9.17, 15) is 0 Å². The number of fused-ring (bicyclic) bond motifs is 10. The third-order valence-corrected chi connectivity index (χ3v) is 12.2. The first-order valence-corrected chi connectivity index (χ1v) is 20.6. The second-order valence-electron chi connectivity index (χ2n) is 15.6. The Kier molecular flexibility index (Phi) is 7.89. The van der Waals surface area contributed by atoms with E-state index in [1.165, 1.54) is 54.2 Å². The van der Waals surface area contributed by atoms with Crippen LogP contribution in [0.2, 0.25) is 0 Å². The molecule has 0 radical (unpaired) electrons. The number of hydrogen-bond acceptors (Lipinski definition) is 2. The quantitative estimate of drug-likeness (QED) is 0.157. The Bertz CT molecular complexity index is 3550. The number of benzene rings is 11. The molecule has 60 heavy (non-hydrogen) atoms. The first kappa shape index (κ1) is 34.1. The SMILES string of the molecule is c1ccc(-c2ccc(N(c3ccc(-c4ccc5c(oc6ccccc65)c4-c4ccc5ccccc5c4)cc3)c3ccc4c5ccccc5c5ccccc5c4c3)cc2)cc1. The van der Waals surface area contributed by atoms with Crippen LogP contribution in [0.5, 0.6) is 0 Å². The van der Waals surface area contributed by atoms with Crippen molar-refractivity contribution in [3.8, 4) is 33.4 Å². The van der Waals surface area contributed by atoms with E-state index in [0.29, 0.717) is 0 Å². The maximum absolute atomic E-state index is 6.72. The molecule has 0 spiro atoms. The van der Waals surface area contributed by atoms with E-state index < -0.39 is 0 Å². The minimum absolute atomic E-state index is 0.895. The summed E-state index contributed by atoms with van der Waals surface area (Å²) in [6, 6.07) is 81.2. The number of nitrogens with zero attached hydrogens (tertiary/aromatic N) is 1. The van der Waals surface area contributed by atoms with Gasteiger partial charge in [0.05, 0.1) is 0 Å². The molecule has 0 saturated carbocycles. The third-order valence-electron chi connectivity index (χ3n) is 12.2. The van der Waals surface area contributed by atoms with E-state index in [0.717, 1.165) is 61.3 Å². The summed E-state index contributed by atoms with van der Waals surface area (Å²) >= 11 is 0. The van der Waals surface area contributed by atoms with Crippen LogP contribution in [0.15, 0.2) is 229 Å². The van der Waals surface area contributed by atoms with Crippen molar-refractivity contribution >= 4 is 82.1 Å². The lowest BCUT2D eigenvalue weighted by molar-refractivity contribution is 0.670. The fourth-order valence-corrected chi connectivity index (χ4v) is 9.37. The van der Waals surface area contributed by atoms with Crippen molar-refractivity contribution in [2.75, 3.05) is 4.90 Å². The van der Waals surface area contributed by atoms with Gasteiger partial charge in [0.2, 0.25) is 0 Å². The molecule has 0 N–H and O–H groups in total. The van der Waals surface area contributed by atoms with Crippen LogP contribution in [-0.4, -0.2) is 0 Å². The molecule has 0 amide bonds. The number of furan rings is 1. The van der Waals surface area contributed by atoms with Gasteiger partial charge in [0.15, 0.2) is 0 Å². The summed E-state index contributed by atoms with van der Waals surface area (Å²) < 4.78 is 6.72. The zero-order valence-corrected chi connectivity index (χ0v) is 32.7. The highest BCUT2D eigenvalue weighted by Crippen LogP contribution is 2.45. The molecule has 11 aromatic carbocycles. The van der Waals surface area contributed by atoms with E-state index >= 15 is 0 Å². The Morgan fingerprint density at radius 2 is 0.783 bits per heavy atom. The van der Waals surface area contributed by atoms with Gasteiger partial charge in [0.1, 0.15) is 11.2 Å². The first-order valence-electron chi connectivity index (χ1n) is 20.6. The van der Waals surface area contributed by atoms with Crippen LogP contribution in [0.4, 0.5) is 17.1 Å². The molecule has 0 atom stereocenters. The predicted molar refractivity (Wildman–Crippen MR) is 255 cm³/mol. The van der Waals surface area contributed by atoms with E-state index in [1.807, 2.05) is 6.07 Å². The van der Waals surface area contributed by atoms with Crippen molar-refractivity contribution in [1.82, 2.24) is 0 Å². The van der Waals surface area contributed by atoms with Gasteiger partial charge in [-0.15, -0.1) is 0 Å². The summed E-state index contributed by atoms with van der Waals surface area (Å²) in [5.74, 6) is 0. The number of anilines is 3. The molecule has 0 aliphatic heterocycles. The van der Waals surface area contributed by atoms with Crippen molar-refractivity contribution < 1.29 is 4.42 Å². The van der Waals surface area contributed by atoms with Gasteiger partial charge in [-0.2, -0.15) is 0 Å². The fourth-order valence-electron chi connectivity index (χ4n) is 9.37. The van der Waals surface area contributed by atoms with Gasteiger partial charge in [0.25, 0.3) is 0 Å². The molecule has 0 aliphatic rings. The van der Waals surface area contributed by atoms with Gasteiger partial charge < -0.3 is 9.32 Å². The van der Waals surface area contributed by atoms with E-state index in [2.05, 4.69) is 223 Å². The summed E-state index contributed by atoms with van der Waals surface area (Å²) in [5.41, 5.74) is 11.9. The summed E-state index contributed by atoms with van der Waals surface area (Å²) in [5, 5.41) is 12.2. The Morgan fingerprint density at radius 3 is 1.48 bits per heavy atom. The van der Waals surface area contributed by atoms with Gasteiger partial charge in [-0.05, 0) is 126 Å². The maximum Gasteiger partial charge on any atom is 0.143 e. The van der Waals surface area contributed by atoms with Crippen LogP contribution in [0.1, 0.15) is 0 Å². The number of rotatable bonds is 6. The van der Waals surface area contributed by atoms with Crippen molar-refractivity contribution in [3.63, 3.8) is 0 Å². The topological polar surface area (TPSA) is 16.4 Å². The Hall–Kier alpha value is -7.94. The van der Waals surface area contributed by atoms with Gasteiger partial charge in [-0.1, -0.05) is 170 Å². The predicted octanol–water partition coefficient (Wildman–Crippen LogP) is 16.7. The highest BCUT2D eigenvalue weighted by Gasteiger charge is 2.20. The van der Waals surface area contributed by atoms with Crippen LogP contribution < -0.4 is 4.90 Å². The second kappa shape index (κ2) is 13.9. The van der Waals surface area contributed by atoms with Crippen molar-refractivity contribution in [3.05, 3.63) is 224 Å². The molecule has 1 heterocycles. The largest absolute Gasteiger partial charge is 0.455 e. The standard InChI is InChI=1S/C58H37NO/c1-2-12-38(13-3-1)40-24-28-44(29-25-40)59(46-32-33-52-50-18-7-6-16-48(50)49-17-8-9-19-51(49)55(52)37-46)45-30-26-41(27-31-45)47-34-35-54-53-20-10-11-21-56(53)60-58(54)57(47)43-23-22-39-14-4-5-15-42(39)36-43/h1-37H. The van der Waals surface area contributed by atoms with E-state index in [4.69, 9.17) is 4.42 Å². The molecule has 0 aliphatic carbocycles. The zero-order chi connectivity index (χ0) is 39.6. The first-order chi connectivity index (χ1) is 29.7. The van der Waals surface area contributed by atoms with Crippen molar-refractivity contribution in [1.29, 1.82) is 0 Å². The second-order valence-corrected chi connectivity index (χ2v) is 15.6. The lowest BCUT2D eigenvalue weighted by atomic mass is 9.91. The molecule has 0 fully saturated rings. The van der Waals surface area contributed by atoms with Crippen LogP contribution in [0.3, 0.4) is 0 Å². The van der Waals surface area contributed by atoms with Gasteiger partial charge in [-0.3, -0.25) is 0 Å². The molecular weight excluding hydrogens is 727 g/mol. The minimum atomic E-state index is 0.895. The van der Waals surface area contributed by atoms with Crippen molar-refractivity contribution in [2.45, 2.75) is 0 Å². The molecule has 0 unspecified atom stereocenters. The molecule has 12 rings (SSSR count). The average Bonchev–Trinajstić information content (AvgIpc) is 3.71. The maximum atomic E-state index is 6.72. The monoisotopic (exact) mass is 763 g/mol. The Balaban J connectivity index is 1.04. The number of hydrogen-bond donors (Lipinski definition) is 0. The lowest BCUT2D eigenvalue weighted by Gasteiger charge is -2.27. The molecule has 2 nitrogen and oxygen atoms in total. The third kappa shape index (κ3) is 5.57. The smallest absolute Gasteiger partial charge is 0.143 e. The molecule has 280 valence electrons. The van der Waals surface area contributed by atoms with Crippen LogP contribution in [0, 0.1) is 0 Å². The average molecular weight is 764 g/mol. The van der Waals surface area contributed by atoms with Gasteiger partial charge >= 0.3 is 0 Å². The van der Waals surface area contributed by atoms with Crippen LogP contribution >= 0.6 is 0 Å². The summed E-state index contributed by atoms with van der Waals surface area (Å²) in [6.45, 7) is 0. The normalized spacial score (nSPS) is 11.7. The summed E-state index contributed by atoms with van der Waals surface area (Å²) in [6.07, 6.45) is 0. The fraction of sp³-hybridized carbons (Fsp3) is 0. The molecule has 0 bridgehead atoms. The lowest BCUT2D eigenvalue weighted by Crippen LogP contribution is -2.10. The Morgan fingerprint density at radius 1 is 0.283 bits per heavy atom. The van der Waals surface area contributed by atoms with E-state index in [1.54, 1.807) is 0 Å².